The number of hydrogen-bond acceptors (Lipinski definition) is 3. The second kappa shape index (κ2) is 8.03. The van der Waals surface area contributed by atoms with Crippen LogP contribution in [0.3, 0.4) is 0 Å². The van der Waals surface area contributed by atoms with Crippen LogP contribution in [0.25, 0.3) is 0 Å². The number of carbonyl (C=O) groups is 1. The Hall–Kier alpha value is -1.55. The van der Waals surface area contributed by atoms with E-state index in [-0.39, 0.29) is 11.9 Å². The molecule has 1 amide bonds. The van der Waals surface area contributed by atoms with E-state index in [9.17, 15) is 4.79 Å². The van der Waals surface area contributed by atoms with Crippen LogP contribution in [-0.4, -0.2) is 37.6 Å². The summed E-state index contributed by atoms with van der Waals surface area (Å²) >= 11 is 0. The van der Waals surface area contributed by atoms with Gasteiger partial charge in [-0.05, 0) is 43.9 Å². The molecular formula is C17H26N2O2. The van der Waals surface area contributed by atoms with Crippen molar-refractivity contribution in [2.24, 2.45) is 0 Å². The number of likely N-dealkylation sites (tertiary alicyclic amines) is 1. The summed E-state index contributed by atoms with van der Waals surface area (Å²) in [6.07, 6.45) is 4.15. The fourth-order valence-electron chi connectivity index (χ4n) is 2.71. The first kappa shape index (κ1) is 15.8. The maximum atomic E-state index is 12.1. The Morgan fingerprint density at radius 1 is 1.24 bits per heavy atom. The van der Waals surface area contributed by atoms with Crippen LogP contribution in [-0.2, 0) is 4.79 Å². The first-order valence-electron chi connectivity index (χ1n) is 7.86. The van der Waals surface area contributed by atoms with Crippen LogP contribution in [0.2, 0.25) is 0 Å². The highest BCUT2D eigenvalue weighted by Crippen LogP contribution is 2.17. The Morgan fingerprint density at radius 2 is 1.90 bits per heavy atom. The Labute approximate surface area is 127 Å². The summed E-state index contributed by atoms with van der Waals surface area (Å²) in [5.74, 6) is 1.15. The molecule has 1 N–H and O–H groups in total. The van der Waals surface area contributed by atoms with Crippen molar-refractivity contribution in [1.82, 2.24) is 10.2 Å². The van der Waals surface area contributed by atoms with Crippen LogP contribution in [0.15, 0.2) is 24.3 Å². The topological polar surface area (TPSA) is 41.6 Å². The van der Waals surface area contributed by atoms with Crippen molar-refractivity contribution in [3.63, 3.8) is 0 Å². The number of nitrogens with zero attached hydrogens (tertiary/aromatic N) is 1. The first-order chi connectivity index (χ1) is 10.2. The van der Waals surface area contributed by atoms with Crippen molar-refractivity contribution >= 4 is 5.91 Å². The largest absolute Gasteiger partial charge is 0.497 e. The Bertz CT molecular complexity index is 439. The van der Waals surface area contributed by atoms with E-state index in [4.69, 9.17) is 4.74 Å². The fourth-order valence-corrected chi connectivity index (χ4v) is 2.71. The van der Waals surface area contributed by atoms with Crippen LogP contribution < -0.4 is 10.1 Å². The molecule has 21 heavy (non-hydrogen) atoms. The SMILES string of the molecule is COc1ccc(C(C)NCCC(=O)N2CCCCC2)cc1. The highest BCUT2D eigenvalue weighted by Gasteiger charge is 2.16. The van der Waals surface area contributed by atoms with Gasteiger partial charge >= 0.3 is 0 Å². The number of benzene rings is 1. The normalized spacial score (nSPS) is 16.6. The molecule has 1 fully saturated rings. The molecule has 1 heterocycles. The molecule has 1 unspecified atom stereocenters. The standard InChI is InChI=1S/C17H26N2O2/c1-14(15-6-8-16(21-2)9-7-15)18-11-10-17(20)19-12-4-3-5-13-19/h6-9,14,18H,3-5,10-13H2,1-2H3. The average molecular weight is 290 g/mol. The average Bonchev–Trinajstić information content (AvgIpc) is 2.55. The summed E-state index contributed by atoms with van der Waals surface area (Å²) in [5.41, 5.74) is 1.21. The molecule has 1 atom stereocenters. The third kappa shape index (κ3) is 4.74. The van der Waals surface area contributed by atoms with Crippen LogP contribution in [0, 0.1) is 0 Å². The van der Waals surface area contributed by atoms with Gasteiger partial charge in [-0.2, -0.15) is 0 Å². The zero-order valence-corrected chi connectivity index (χ0v) is 13.1. The minimum atomic E-state index is 0.241. The molecule has 1 aromatic carbocycles. The van der Waals surface area contributed by atoms with Crippen molar-refractivity contribution in [3.05, 3.63) is 29.8 Å². The van der Waals surface area contributed by atoms with Crippen LogP contribution in [0.4, 0.5) is 0 Å². The van der Waals surface area contributed by atoms with Gasteiger partial charge in [0.25, 0.3) is 0 Å². The van der Waals surface area contributed by atoms with Gasteiger partial charge in [0, 0.05) is 32.1 Å². The highest BCUT2D eigenvalue weighted by atomic mass is 16.5. The summed E-state index contributed by atoms with van der Waals surface area (Å²) in [6.45, 7) is 4.72. The summed E-state index contributed by atoms with van der Waals surface area (Å²) in [6, 6.07) is 8.29. The van der Waals surface area contributed by atoms with Gasteiger partial charge in [-0.15, -0.1) is 0 Å². The molecule has 0 spiro atoms. The van der Waals surface area contributed by atoms with Gasteiger partial charge in [0.1, 0.15) is 5.75 Å². The smallest absolute Gasteiger partial charge is 0.223 e. The van der Waals surface area contributed by atoms with Gasteiger partial charge in [0.15, 0.2) is 0 Å². The van der Waals surface area contributed by atoms with Gasteiger partial charge in [-0.3, -0.25) is 4.79 Å². The molecule has 1 aliphatic heterocycles. The summed E-state index contributed by atoms with van der Waals surface area (Å²) < 4.78 is 5.16. The zero-order chi connectivity index (χ0) is 15.1. The maximum absolute atomic E-state index is 12.1. The third-order valence-electron chi connectivity index (χ3n) is 4.11. The molecule has 0 saturated carbocycles. The van der Waals surface area contributed by atoms with E-state index in [1.54, 1.807) is 7.11 Å². The number of ether oxygens (including phenoxy) is 1. The van der Waals surface area contributed by atoms with E-state index in [1.807, 2.05) is 17.0 Å². The molecule has 0 radical (unpaired) electrons. The van der Waals surface area contributed by atoms with Crippen molar-refractivity contribution in [3.8, 4) is 5.75 Å². The van der Waals surface area contributed by atoms with Gasteiger partial charge in [-0.25, -0.2) is 0 Å². The zero-order valence-electron chi connectivity index (χ0n) is 13.1. The number of nitrogens with one attached hydrogen (secondary N) is 1. The molecule has 0 bridgehead atoms. The Kier molecular flexibility index (Phi) is 6.05. The second-order valence-electron chi connectivity index (χ2n) is 5.64. The number of methoxy groups -OCH3 is 1. The minimum absolute atomic E-state index is 0.241. The van der Waals surface area contributed by atoms with E-state index in [0.717, 1.165) is 38.2 Å². The summed E-state index contributed by atoms with van der Waals surface area (Å²) in [5, 5.41) is 3.42. The number of rotatable bonds is 6. The first-order valence-corrected chi connectivity index (χ1v) is 7.86. The lowest BCUT2D eigenvalue weighted by Gasteiger charge is -2.27. The lowest BCUT2D eigenvalue weighted by molar-refractivity contribution is -0.132. The van der Waals surface area contributed by atoms with Gasteiger partial charge < -0.3 is 15.0 Å². The molecule has 2 rings (SSSR count). The maximum Gasteiger partial charge on any atom is 0.223 e. The molecular weight excluding hydrogens is 264 g/mol. The highest BCUT2D eigenvalue weighted by molar-refractivity contribution is 5.76. The summed E-state index contributed by atoms with van der Waals surface area (Å²) in [4.78, 5) is 14.1. The molecule has 1 aromatic rings. The van der Waals surface area contributed by atoms with E-state index >= 15 is 0 Å². The van der Waals surface area contributed by atoms with E-state index in [1.165, 1.54) is 12.0 Å². The molecule has 4 nitrogen and oxygen atoms in total. The van der Waals surface area contributed by atoms with Gasteiger partial charge in [0.05, 0.1) is 7.11 Å². The second-order valence-corrected chi connectivity index (χ2v) is 5.64. The number of carbonyl (C=O) groups excluding carboxylic acids is 1. The molecule has 116 valence electrons. The quantitative estimate of drug-likeness (QED) is 0.876. The molecule has 1 aliphatic rings. The number of amides is 1. The van der Waals surface area contributed by atoms with E-state index in [2.05, 4.69) is 24.4 Å². The predicted octanol–water partition coefficient (Wildman–Crippen LogP) is 2.75. The van der Waals surface area contributed by atoms with Crippen LogP contribution in [0.1, 0.15) is 44.2 Å². The minimum Gasteiger partial charge on any atom is -0.497 e. The lowest BCUT2D eigenvalue weighted by Crippen LogP contribution is -2.37. The monoisotopic (exact) mass is 290 g/mol. The van der Waals surface area contributed by atoms with Crippen molar-refractivity contribution < 1.29 is 9.53 Å². The van der Waals surface area contributed by atoms with Crippen LogP contribution >= 0.6 is 0 Å². The lowest BCUT2D eigenvalue weighted by atomic mass is 10.1. The Balaban J connectivity index is 1.72. The van der Waals surface area contributed by atoms with Crippen molar-refractivity contribution in [2.75, 3.05) is 26.7 Å². The third-order valence-corrected chi connectivity index (χ3v) is 4.11. The van der Waals surface area contributed by atoms with Crippen LogP contribution in [0.5, 0.6) is 5.75 Å². The predicted molar refractivity (Wildman–Crippen MR) is 84.5 cm³/mol. The van der Waals surface area contributed by atoms with E-state index < -0.39 is 0 Å². The number of piperidine rings is 1. The molecule has 0 aliphatic carbocycles. The Morgan fingerprint density at radius 3 is 2.52 bits per heavy atom. The van der Waals surface area contributed by atoms with E-state index in [0.29, 0.717) is 6.42 Å². The van der Waals surface area contributed by atoms with Gasteiger partial charge in [0.2, 0.25) is 5.91 Å². The molecule has 1 saturated heterocycles. The fraction of sp³-hybridized carbons (Fsp3) is 0.588. The van der Waals surface area contributed by atoms with Crippen molar-refractivity contribution in [1.29, 1.82) is 0 Å². The molecule has 0 aromatic heterocycles. The number of hydrogen-bond donors (Lipinski definition) is 1. The summed E-state index contributed by atoms with van der Waals surface area (Å²) in [7, 11) is 1.67. The van der Waals surface area contributed by atoms with Gasteiger partial charge in [-0.1, -0.05) is 12.1 Å². The molecule has 4 heteroatoms. The van der Waals surface area contributed by atoms with Crippen molar-refractivity contribution in [2.45, 2.75) is 38.6 Å².